The number of rotatable bonds is 4. The smallest absolute Gasteiger partial charge is 0.296 e. The third-order valence-electron chi connectivity index (χ3n) is 4.15. The van der Waals surface area contributed by atoms with Crippen molar-refractivity contribution >= 4 is 22.4 Å². The minimum absolute atomic E-state index is 0.134. The molecule has 4 rings (SSSR count). The van der Waals surface area contributed by atoms with Gasteiger partial charge in [0.1, 0.15) is 17.3 Å². The molecule has 0 aliphatic rings. The van der Waals surface area contributed by atoms with E-state index in [0.717, 1.165) is 27.2 Å². The molecule has 0 saturated carbocycles. The topological polar surface area (TPSA) is 73.6 Å². The molecular formula is C20H14FN3O3S. The van der Waals surface area contributed by atoms with Crippen molar-refractivity contribution in [2.24, 2.45) is 0 Å². The van der Waals surface area contributed by atoms with E-state index >= 15 is 0 Å². The van der Waals surface area contributed by atoms with Gasteiger partial charge in [0.2, 0.25) is 4.96 Å². The Labute approximate surface area is 162 Å². The summed E-state index contributed by atoms with van der Waals surface area (Å²) in [4.78, 5) is 29.2. The Kier molecular flexibility index (Phi) is 4.70. The largest absolute Gasteiger partial charge is 0.497 e. The van der Waals surface area contributed by atoms with Gasteiger partial charge in [-0.25, -0.2) is 4.39 Å². The summed E-state index contributed by atoms with van der Waals surface area (Å²) in [6.45, 7) is 0. The van der Waals surface area contributed by atoms with Gasteiger partial charge in [0.25, 0.3) is 11.1 Å². The molecule has 2 aromatic heterocycles. The average molecular weight is 395 g/mol. The molecule has 0 atom stereocenters. The van der Waals surface area contributed by atoms with Crippen LogP contribution in [-0.4, -0.2) is 21.7 Å². The lowest BCUT2D eigenvalue weighted by molar-refractivity contribution is 0.415. The molecule has 8 heteroatoms. The van der Waals surface area contributed by atoms with E-state index in [-0.39, 0.29) is 28.5 Å². The Bertz CT molecular complexity index is 1310. The van der Waals surface area contributed by atoms with Crippen molar-refractivity contribution in [1.29, 1.82) is 0 Å². The van der Waals surface area contributed by atoms with Gasteiger partial charge in [-0.3, -0.25) is 9.59 Å². The van der Waals surface area contributed by atoms with Crippen molar-refractivity contribution in [2.45, 2.75) is 6.42 Å². The first kappa shape index (κ1) is 18.0. The quantitative estimate of drug-likeness (QED) is 0.527. The SMILES string of the molecule is COc1ccc(/C=c2/sc3nc(=O)c(Cc4ccc(F)cc4)nn3c2=O)cc1. The van der Waals surface area contributed by atoms with E-state index < -0.39 is 5.56 Å². The number of ether oxygens (including phenoxy) is 1. The fourth-order valence-corrected chi connectivity index (χ4v) is 3.60. The molecule has 0 aliphatic heterocycles. The lowest BCUT2D eigenvalue weighted by Crippen LogP contribution is -2.28. The van der Waals surface area contributed by atoms with Crippen molar-refractivity contribution in [2.75, 3.05) is 7.11 Å². The van der Waals surface area contributed by atoms with Crippen LogP contribution in [0.4, 0.5) is 4.39 Å². The number of hydrogen-bond acceptors (Lipinski definition) is 6. The number of nitrogens with zero attached hydrogens (tertiary/aromatic N) is 3. The standard InChI is InChI=1S/C20H14FN3O3S/c1-27-15-8-4-13(5-9-15)11-17-19(26)24-20(28-17)22-18(25)16(23-24)10-12-2-6-14(21)7-3-12/h2-9,11H,10H2,1H3/b17-11+. The molecule has 2 heterocycles. The normalized spacial score (nSPS) is 11.9. The maximum Gasteiger partial charge on any atom is 0.296 e. The van der Waals surface area contributed by atoms with Crippen molar-refractivity contribution in [1.82, 2.24) is 14.6 Å². The highest BCUT2D eigenvalue weighted by Crippen LogP contribution is 2.12. The molecular weight excluding hydrogens is 381 g/mol. The fraction of sp³-hybridized carbons (Fsp3) is 0.100. The van der Waals surface area contributed by atoms with E-state index in [1.54, 1.807) is 37.5 Å². The van der Waals surface area contributed by atoms with Crippen molar-refractivity contribution in [3.8, 4) is 5.75 Å². The molecule has 0 N–H and O–H groups in total. The van der Waals surface area contributed by atoms with Crippen LogP contribution >= 0.6 is 11.3 Å². The number of hydrogen-bond donors (Lipinski definition) is 0. The van der Waals surface area contributed by atoms with Gasteiger partial charge in [0, 0.05) is 6.42 Å². The van der Waals surface area contributed by atoms with Gasteiger partial charge in [-0.1, -0.05) is 35.6 Å². The van der Waals surface area contributed by atoms with E-state index in [2.05, 4.69) is 10.1 Å². The van der Waals surface area contributed by atoms with E-state index in [4.69, 9.17) is 4.74 Å². The highest BCUT2D eigenvalue weighted by molar-refractivity contribution is 7.15. The third-order valence-corrected chi connectivity index (χ3v) is 5.11. The van der Waals surface area contributed by atoms with E-state index in [1.807, 2.05) is 12.1 Å². The number of fused-ring (bicyclic) bond motifs is 1. The Morgan fingerprint density at radius 1 is 1.11 bits per heavy atom. The first-order valence-electron chi connectivity index (χ1n) is 8.36. The Hall–Kier alpha value is -3.39. The van der Waals surface area contributed by atoms with Crippen molar-refractivity contribution in [3.05, 3.63) is 96.4 Å². The van der Waals surface area contributed by atoms with Gasteiger partial charge < -0.3 is 4.74 Å². The summed E-state index contributed by atoms with van der Waals surface area (Å²) in [6, 6.07) is 13.0. The number of thiazole rings is 1. The molecule has 6 nitrogen and oxygen atoms in total. The number of halogens is 1. The van der Waals surface area contributed by atoms with Gasteiger partial charge in [-0.2, -0.15) is 14.6 Å². The summed E-state index contributed by atoms with van der Waals surface area (Å²) in [5, 5.41) is 4.19. The predicted octanol–water partition coefficient (Wildman–Crippen LogP) is 1.80. The highest BCUT2D eigenvalue weighted by Gasteiger charge is 2.12. The molecule has 2 aromatic carbocycles. The number of methoxy groups -OCH3 is 1. The zero-order chi connectivity index (χ0) is 19.7. The maximum absolute atomic E-state index is 13.0. The van der Waals surface area contributed by atoms with Crippen LogP contribution in [0.5, 0.6) is 5.75 Å². The third kappa shape index (κ3) is 3.54. The highest BCUT2D eigenvalue weighted by atomic mass is 32.1. The van der Waals surface area contributed by atoms with Crippen LogP contribution in [-0.2, 0) is 6.42 Å². The van der Waals surface area contributed by atoms with Crippen molar-refractivity contribution < 1.29 is 9.13 Å². The molecule has 0 radical (unpaired) electrons. The van der Waals surface area contributed by atoms with Gasteiger partial charge in [0.05, 0.1) is 11.6 Å². The summed E-state index contributed by atoms with van der Waals surface area (Å²) in [7, 11) is 1.58. The molecule has 0 spiro atoms. The molecule has 0 aliphatic carbocycles. The molecule has 0 unspecified atom stereocenters. The van der Waals surface area contributed by atoms with E-state index in [0.29, 0.717) is 10.1 Å². The van der Waals surface area contributed by atoms with Crippen LogP contribution in [0.2, 0.25) is 0 Å². The predicted molar refractivity (Wildman–Crippen MR) is 104 cm³/mol. The van der Waals surface area contributed by atoms with Gasteiger partial charge in [0.15, 0.2) is 0 Å². The van der Waals surface area contributed by atoms with Crippen LogP contribution in [0.1, 0.15) is 16.8 Å². The Morgan fingerprint density at radius 3 is 2.50 bits per heavy atom. The van der Waals surface area contributed by atoms with Gasteiger partial charge >= 0.3 is 0 Å². The van der Waals surface area contributed by atoms with Gasteiger partial charge in [-0.15, -0.1) is 0 Å². The molecule has 0 bridgehead atoms. The monoisotopic (exact) mass is 395 g/mol. The summed E-state index contributed by atoms with van der Waals surface area (Å²) < 4.78 is 19.7. The lowest BCUT2D eigenvalue weighted by atomic mass is 10.1. The molecule has 4 aromatic rings. The Morgan fingerprint density at radius 2 is 1.82 bits per heavy atom. The summed E-state index contributed by atoms with van der Waals surface area (Å²) in [5.74, 6) is 0.357. The molecule has 140 valence electrons. The Balaban J connectivity index is 1.76. The van der Waals surface area contributed by atoms with Crippen LogP contribution in [0.25, 0.3) is 11.0 Å². The second-order valence-corrected chi connectivity index (χ2v) is 7.06. The average Bonchev–Trinajstić information content (AvgIpc) is 2.99. The zero-order valence-corrected chi connectivity index (χ0v) is 15.6. The van der Waals surface area contributed by atoms with Crippen molar-refractivity contribution in [3.63, 3.8) is 0 Å². The lowest BCUT2D eigenvalue weighted by Gasteiger charge is -2.00. The van der Waals surface area contributed by atoms with Crippen LogP contribution < -0.4 is 20.4 Å². The summed E-state index contributed by atoms with van der Waals surface area (Å²) in [6.07, 6.45) is 1.88. The maximum atomic E-state index is 13.0. The van der Waals surface area contributed by atoms with E-state index in [1.165, 1.54) is 12.1 Å². The fourth-order valence-electron chi connectivity index (χ4n) is 2.70. The summed E-state index contributed by atoms with van der Waals surface area (Å²) in [5.41, 5.74) is 0.819. The second-order valence-electron chi connectivity index (χ2n) is 6.05. The zero-order valence-electron chi connectivity index (χ0n) is 14.8. The first-order chi connectivity index (χ1) is 13.5. The molecule has 0 saturated heterocycles. The second kappa shape index (κ2) is 7.32. The van der Waals surface area contributed by atoms with E-state index in [9.17, 15) is 14.0 Å². The molecule has 28 heavy (non-hydrogen) atoms. The number of benzene rings is 2. The number of aromatic nitrogens is 3. The van der Waals surface area contributed by atoms with Crippen LogP contribution in [0.3, 0.4) is 0 Å². The van der Waals surface area contributed by atoms with Crippen LogP contribution in [0, 0.1) is 5.82 Å². The molecule has 0 amide bonds. The summed E-state index contributed by atoms with van der Waals surface area (Å²) >= 11 is 1.10. The minimum Gasteiger partial charge on any atom is -0.497 e. The van der Waals surface area contributed by atoms with Crippen LogP contribution in [0.15, 0.2) is 58.1 Å². The molecule has 0 fully saturated rings. The minimum atomic E-state index is -0.499. The van der Waals surface area contributed by atoms with Gasteiger partial charge in [-0.05, 0) is 41.5 Å². The first-order valence-corrected chi connectivity index (χ1v) is 9.18.